The van der Waals surface area contributed by atoms with Gasteiger partial charge in [0.2, 0.25) is 0 Å². The first kappa shape index (κ1) is 20.4. The van der Waals surface area contributed by atoms with Crippen molar-refractivity contribution < 1.29 is 44.3 Å². The fraction of sp³-hybridized carbons (Fsp3) is 0.625. The molecule has 0 aliphatic carbocycles. The quantitative estimate of drug-likeness (QED) is 0.432. The van der Waals surface area contributed by atoms with Crippen molar-refractivity contribution in [2.75, 3.05) is 0 Å². The second kappa shape index (κ2) is 9.03. The zero-order valence-corrected chi connectivity index (χ0v) is 13.3. The number of ether oxygens (including phenoxy) is 1. The molecule has 1 aliphatic heterocycles. The first-order valence-corrected chi connectivity index (χ1v) is 7.61. The summed E-state index contributed by atoms with van der Waals surface area (Å²) in [6, 6.07) is 0. The van der Waals surface area contributed by atoms with Gasteiger partial charge in [-0.3, -0.25) is 19.2 Å². The minimum Gasteiger partial charge on any atom is -0.481 e. The Kier molecular flexibility index (Phi) is 7.39. The fourth-order valence-corrected chi connectivity index (χ4v) is 3.46. The van der Waals surface area contributed by atoms with Gasteiger partial charge in [0.05, 0.1) is 31.5 Å². The number of hydrogen-bond donors (Lipinski definition) is 4. The summed E-state index contributed by atoms with van der Waals surface area (Å²) in [6.07, 6.45) is 1.36. The van der Waals surface area contributed by atoms with Crippen molar-refractivity contribution in [3.63, 3.8) is 0 Å². The van der Waals surface area contributed by atoms with E-state index in [1.165, 1.54) is 0 Å². The van der Waals surface area contributed by atoms with Crippen molar-refractivity contribution in [1.82, 2.24) is 0 Å². The van der Waals surface area contributed by atoms with Crippen LogP contribution in [0.2, 0.25) is 0 Å². The van der Waals surface area contributed by atoms with E-state index in [0.717, 1.165) is 0 Å². The van der Waals surface area contributed by atoms with E-state index in [-0.39, 0.29) is 6.42 Å². The Morgan fingerprint density at radius 3 is 1.52 bits per heavy atom. The molecule has 1 rings (SSSR count). The molecule has 1 heterocycles. The Hall–Kier alpha value is -2.60. The molecule has 25 heavy (non-hydrogen) atoms. The lowest BCUT2D eigenvalue weighted by Crippen LogP contribution is -2.50. The highest BCUT2D eigenvalue weighted by molar-refractivity contribution is 5.71. The van der Waals surface area contributed by atoms with Gasteiger partial charge in [0.1, 0.15) is 0 Å². The van der Waals surface area contributed by atoms with Gasteiger partial charge in [-0.2, -0.15) is 0 Å². The van der Waals surface area contributed by atoms with Crippen molar-refractivity contribution in [2.45, 2.75) is 44.3 Å². The number of hydrogen-bond acceptors (Lipinski definition) is 5. The number of carboxylic acids is 4. The van der Waals surface area contributed by atoms with Gasteiger partial charge in [-0.15, -0.1) is 12.3 Å². The lowest BCUT2D eigenvalue weighted by Gasteiger charge is -2.45. The third-order valence-electron chi connectivity index (χ3n) is 4.33. The summed E-state index contributed by atoms with van der Waals surface area (Å²) in [5.74, 6) is -5.23. The molecule has 5 atom stereocenters. The third-order valence-corrected chi connectivity index (χ3v) is 4.33. The smallest absolute Gasteiger partial charge is 0.305 e. The van der Waals surface area contributed by atoms with E-state index in [0.29, 0.717) is 0 Å². The first-order chi connectivity index (χ1) is 11.6. The summed E-state index contributed by atoms with van der Waals surface area (Å²) in [5.41, 5.74) is 0. The van der Waals surface area contributed by atoms with Gasteiger partial charge in [-0.05, 0) is 11.8 Å². The second-order valence-corrected chi connectivity index (χ2v) is 6.00. The van der Waals surface area contributed by atoms with E-state index in [1.54, 1.807) is 0 Å². The highest BCUT2D eigenvalue weighted by Gasteiger charge is 2.47. The summed E-state index contributed by atoms with van der Waals surface area (Å²) < 4.78 is 5.63. The van der Waals surface area contributed by atoms with Crippen LogP contribution in [0.1, 0.15) is 32.1 Å². The predicted octanol–water partition coefficient (Wildman–Crippen LogP) is 0.525. The molecule has 0 saturated carbocycles. The van der Waals surface area contributed by atoms with Crippen molar-refractivity contribution in [1.29, 1.82) is 0 Å². The summed E-state index contributed by atoms with van der Waals surface area (Å²) in [5, 5.41) is 36.4. The van der Waals surface area contributed by atoms with E-state index in [9.17, 15) is 19.2 Å². The van der Waals surface area contributed by atoms with Crippen LogP contribution in [0.15, 0.2) is 0 Å². The molecule has 4 N–H and O–H groups in total. The van der Waals surface area contributed by atoms with Gasteiger partial charge in [-0.1, -0.05) is 0 Å². The molecular weight excluding hydrogens is 336 g/mol. The van der Waals surface area contributed by atoms with E-state index in [4.69, 9.17) is 31.6 Å². The lowest BCUT2D eigenvalue weighted by molar-refractivity contribution is -0.179. The van der Waals surface area contributed by atoms with E-state index in [1.807, 2.05) is 0 Å². The Bertz CT molecular complexity index is 577. The van der Waals surface area contributed by atoms with Gasteiger partial charge in [0, 0.05) is 18.8 Å². The van der Waals surface area contributed by atoms with Crippen LogP contribution in [0.5, 0.6) is 0 Å². The molecule has 138 valence electrons. The lowest BCUT2D eigenvalue weighted by atomic mass is 9.68. The normalized spacial score (nSPS) is 28.7. The molecule has 0 amide bonds. The largest absolute Gasteiger partial charge is 0.481 e. The van der Waals surface area contributed by atoms with E-state index < -0.39 is 79.5 Å². The third kappa shape index (κ3) is 6.08. The maximum Gasteiger partial charge on any atom is 0.305 e. The van der Waals surface area contributed by atoms with Gasteiger partial charge in [0.25, 0.3) is 0 Å². The molecule has 9 nitrogen and oxygen atoms in total. The molecule has 1 saturated heterocycles. The molecule has 1 aliphatic rings. The highest BCUT2D eigenvalue weighted by atomic mass is 16.5. The topological polar surface area (TPSA) is 158 Å². The second-order valence-electron chi connectivity index (χ2n) is 6.00. The maximum absolute atomic E-state index is 11.2. The van der Waals surface area contributed by atoms with Gasteiger partial charge in [0.15, 0.2) is 0 Å². The Balaban J connectivity index is 3.28. The fourth-order valence-electron chi connectivity index (χ4n) is 3.46. The summed E-state index contributed by atoms with van der Waals surface area (Å²) in [4.78, 5) is 44.6. The van der Waals surface area contributed by atoms with Crippen molar-refractivity contribution in [3.8, 4) is 12.3 Å². The Morgan fingerprint density at radius 2 is 1.12 bits per heavy atom. The Labute approximate surface area is 143 Å². The number of carbonyl (C=O) groups is 4. The molecular formula is C16H20O9. The van der Waals surface area contributed by atoms with Gasteiger partial charge in [-0.25, -0.2) is 0 Å². The molecule has 0 radical (unpaired) electrons. The molecule has 9 heteroatoms. The minimum atomic E-state index is -1.25. The van der Waals surface area contributed by atoms with Crippen LogP contribution in [0.4, 0.5) is 0 Å². The van der Waals surface area contributed by atoms with Crippen molar-refractivity contribution in [3.05, 3.63) is 0 Å². The number of terminal acetylenes is 1. The molecule has 0 aromatic rings. The van der Waals surface area contributed by atoms with E-state index in [2.05, 4.69) is 5.92 Å². The predicted molar refractivity (Wildman–Crippen MR) is 81.6 cm³/mol. The van der Waals surface area contributed by atoms with Crippen LogP contribution in [0.25, 0.3) is 0 Å². The first-order valence-electron chi connectivity index (χ1n) is 7.61. The molecule has 0 aromatic heterocycles. The molecule has 0 bridgehead atoms. The zero-order valence-electron chi connectivity index (χ0n) is 13.3. The van der Waals surface area contributed by atoms with Crippen LogP contribution in [-0.2, 0) is 23.9 Å². The van der Waals surface area contributed by atoms with Crippen molar-refractivity contribution in [2.24, 2.45) is 17.8 Å². The summed E-state index contributed by atoms with van der Waals surface area (Å²) >= 11 is 0. The number of rotatable bonds is 9. The van der Waals surface area contributed by atoms with Crippen LogP contribution >= 0.6 is 0 Å². The van der Waals surface area contributed by atoms with Crippen molar-refractivity contribution >= 4 is 23.9 Å². The average Bonchev–Trinajstić information content (AvgIpc) is 2.45. The minimum absolute atomic E-state index is 0.0238. The van der Waals surface area contributed by atoms with Crippen LogP contribution in [-0.4, -0.2) is 56.5 Å². The monoisotopic (exact) mass is 356 g/mol. The SMILES string of the molecule is C#CC[C@@H]1OC(CC(=O)O)[C@@H](CC(=O)O)[C@H](CC(=O)O)[C@H]1CC(=O)O. The Morgan fingerprint density at radius 1 is 0.720 bits per heavy atom. The van der Waals surface area contributed by atoms with E-state index >= 15 is 0 Å². The summed E-state index contributed by atoms with van der Waals surface area (Å²) in [6.45, 7) is 0. The average molecular weight is 356 g/mol. The standard InChI is InChI=1S/C16H20O9/c1-2-3-11-9(5-14(19)20)8(4-13(17)18)10(6-15(21)22)12(25-11)7-16(23)24/h1,8-12H,3-7H2,(H,17,18)(H,19,20)(H,21,22)(H,23,24)/t8-,9-,10+,11+,12?/m1/s1. The molecule has 0 aromatic carbocycles. The van der Waals surface area contributed by atoms with Crippen LogP contribution in [0.3, 0.4) is 0 Å². The maximum atomic E-state index is 11.2. The summed E-state index contributed by atoms with van der Waals surface area (Å²) in [7, 11) is 0. The number of carboxylic acid groups (broad SMARTS) is 4. The van der Waals surface area contributed by atoms with Gasteiger partial charge < -0.3 is 25.2 Å². The zero-order chi connectivity index (χ0) is 19.1. The molecule has 1 fully saturated rings. The molecule has 0 spiro atoms. The van der Waals surface area contributed by atoms with Gasteiger partial charge >= 0.3 is 23.9 Å². The number of aliphatic carboxylic acids is 4. The van der Waals surface area contributed by atoms with Crippen LogP contribution < -0.4 is 0 Å². The van der Waals surface area contributed by atoms with Crippen LogP contribution in [0, 0.1) is 30.1 Å². The highest BCUT2D eigenvalue weighted by Crippen LogP contribution is 2.43. The molecule has 1 unspecified atom stereocenters.